The highest BCUT2D eigenvalue weighted by atomic mass is 29.3. The van der Waals surface area contributed by atoms with Gasteiger partial charge in [0.2, 0.25) is 0 Å². The lowest BCUT2D eigenvalue weighted by molar-refractivity contribution is 0.205. The Morgan fingerprint density at radius 3 is 2.57 bits per heavy atom. The van der Waals surface area contributed by atoms with Crippen LogP contribution in [0.4, 0.5) is 0 Å². The van der Waals surface area contributed by atoms with Crippen LogP contribution in [-0.2, 0) is 4.43 Å². The summed E-state index contributed by atoms with van der Waals surface area (Å²) < 4.78 is 6.25. The van der Waals surface area contributed by atoms with Gasteiger partial charge in [0, 0.05) is 6.10 Å². The first-order chi connectivity index (χ1) is 6.41. The third kappa shape index (κ3) is 2.38. The summed E-state index contributed by atoms with van der Waals surface area (Å²) in [7, 11) is -2.43. The molecule has 1 heterocycles. The van der Waals surface area contributed by atoms with Crippen LogP contribution in [0.15, 0.2) is 12.7 Å². The van der Waals surface area contributed by atoms with E-state index in [0.29, 0.717) is 6.10 Å². The second-order valence-corrected chi connectivity index (χ2v) is 20.0. The maximum atomic E-state index is 6.25. The van der Waals surface area contributed by atoms with Gasteiger partial charge in [0.15, 0.2) is 7.83 Å². The summed E-state index contributed by atoms with van der Waals surface area (Å²) >= 11 is 0. The van der Waals surface area contributed by atoms with Crippen molar-refractivity contribution in [2.24, 2.45) is 0 Å². The number of allylic oxidation sites excluding steroid dienone is 1. The average molecular weight is 228 g/mol. The fourth-order valence-electron chi connectivity index (χ4n) is 2.37. The van der Waals surface area contributed by atoms with E-state index in [1.165, 1.54) is 24.9 Å². The summed E-state index contributed by atoms with van der Waals surface area (Å²) in [5.74, 6) is 0. The third-order valence-corrected chi connectivity index (χ3v) is 21.2. The van der Waals surface area contributed by atoms with Crippen molar-refractivity contribution >= 4 is 15.4 Å². The molecule has 0 spiro atoms. The fourth-order valence-corrected chi connectivity index (χ4v) is 13.1. The molecule has 82 valence electrons. The van der Waals surface area contributed by atoms with Gasteiger partial charge in [-0.1, -0.05) is 24.7 Å². The highest BCUT2D eigenvalue weighted by Crippen LogP contribution is 2.36. The SMILES string of the molecule is C=CCC[Si]1(C)CCC(C)O[Si]1(C)C. The van der Waals surface area contributed by atoms with Gasteiger partial charge < -0.3 is 4.43 Å². The van der Waals surface area contributed by atoms with Gasteiger partial charge in [0.1, 0.15) is 0 Å². The summed E-state index contributed by atoms with van der Waals surface area (Å²) in [4.78, 5) is 0. The van der Waals surface area contributed by atoms with Gasteiger partial charge >= 0.3 is 0 Å². The molecule has 1 saturated heterocycles. The van der Waals surface area contributed by atoms with Crippen LogP contribution in [0.3, 0.4) is 0 Å². The van der Waals surface area contributed by atoms with Crippen molar-refractivity contribution in [3.8, 4) is 0 Å². The van der Waals surface area contributed by atoms with E-state index >= 15 is 0 Å². The molecule has 0 aromatic carbocycles. The zero-order valence-corrected chi connectivity index (χ0v) is 12.1. The predicted octanol–water partition coefficient (Wildman–Crippen LogP) is 3.73. The maximum Gasteiger partial charge on any atom is 0.174 e. The summed E-state index contributed by atoms with van der Waals surface area (Å²) in [6.45, 7) is 13.5. The molecular weight excluding hydrogens is 204 g/mol. The third-order valence-electron chi connectivity index (χ3n) is 3.95. The van der Waals surface area contributed by atoms with Crippen molar-refractivity contribution in [3.05, 3.63) is 12.7 Å². The standard InChI is InChI=1S/C11H24OSi2/c1-6-7-9-14(5)10-8-11(2)12-13(14,3)4/h6,11H,1,7-10H2,2-5H3. The molecule has 0 N–H and O–H groups in total. The monoisotopic (exact) mass is 228 g/mol. The first kappa shape index (κ1) is 12.2. The topological polar surface area (TPSA) is 9.23 Å². The Morgan fingerprint density at radius 2 is 2.07 bits per heavy atom. The van der Waals surface area contributed by atoms with Crippen LogP contribution < -0.4 is 0 Å². The molecule has 14 heavy (non-hydrogen) atoms. The van der Waals surface area contributed by atoms with Crippen LogP contribution in [0.25, 0.3) is 0 Å². The van der Waals surface area contributed by atoms with Gasteiger partial charge in [-0.2, -0.15) is 0 Å². The van der Waals surface area contributed by atoms with Gasteiger partial charge in [-0.3, -0.25) is 0 Å². The molecular formula is C11H24OSi2. The van der Waals surface area contributed by atoms with Gasteiger partial charge in [0.05, 0.1) is 7.59 Å². The lowest BCUT2D eigenvalue weighted by Crippen LogP contribution is -2.63. The average Bonchev–Trinajstić information content (AvgIpc) is 2.08. The number of hydrogen-bond acceptors (Lipinski definition) is 1. The Hall–Kier alpha value is 0.134. The van der Waals surface area contributed by atoms with Gasteiger partial charge in [-0.25, -0.2) is 0 Å². The Labute approximate surface area is 90.5 Å². The van der Waals surface area contributed by atoms with Gasteiger partial charge in [-0.15, -0.1) is 6.58 Å². The van der Waals surface area contributed by atoms with Gasteiger partial charge in [-0.05, 0) is 32.9 Å². The Balaban J connectivity index is 2.70. The second-order valence-electron chi connectivity index (χ2n) is 5.37. The van der Waals surface area contributed by atoms with Crippen LogP contribution >= 0.6 is 0 Å². The maximum absolute atomic E-state index is 6.25. The number of hydrogen-bond donors (Lipinski definition) is 0. The largest absolute Gasteiger partial charge is 0.417 e. The zero-order chi connectivity index (χ0) is 10.8. The second kappa shape index (κ2) is 4.33. The van der Waals surface area contributed by atoms with E-state index < -0.39 is 15.4 Å². The summed E-state index contributed by atoms with van der Waals surface area (Å²) in [6, 6.07) is 2.86. The lowest BCUT2D eigenvalue weighted by Gasteiger charge is -2.47. The molecule has 0 aliphatic carbocycles. The lowest BCUT2D eigenvalue weighted by atomic mass is 10.3. The highest BCUT2D eigenvalue weighted by Gasteiger charge is 2.49. The summed E-state index contributed by atoms with van der Waals surface area (Å²) in [5.41, 5.74) is 0. The molecule has 1 nitrogen and oxygen atoms in total. The first-order valence-electron chi connectivity index (χ1n) is 5.70. The Bertz CT molecular complexity index is 215. The quantitative estimate of drug-likeness (QED) is 0.528. The van der Waals surface area contributed by atoms with Crippen LogP contribution in [-0.4, -0.2) is 21.5 Å². The van der Waals surface area contributed by atoms with Crippen molar-refractivity contribution in [1.29, 1.82) is 0 Å². The molecule has 0 bridgehead atoms. The van der Waals surface area contributed by atoms with Crippen molar-refractivity contribution in [2.75, 3.05) is 0 Å². The minimum atomic E-state index is -1.35. The van der Waals surface area contributed by atoms with E-state index in [1.54, 1.807) is 0 Å². The molecule has 0 radical (unpaired) electrons. The molecule has 1 aliphatic heterocycles. The van der Waals surface area contributed by atoms with E-state index in [1.807, 2.05) is 0 Å². The van der Waals surface area contributed by atoms with E-state index in [-0.39, 0.29) is 0 Å². The molecule has 2 atom stereocenters. The smallest absolute Gasteiger partial charge is 0.174 e. The molecule has 2 unspecified atom stereocenters. The van der Waals surface area contributed by atoms with E-state index in [9.17, 15) is 0 Å². The highest BCUT2D eigenvalue weighted by molar-refractivity contribution is 7.38. The molecule has 1 aliphatic rings. The van der Waals surface area contributed by atoms with E-state index in [0.717, 1.165) is 0 Å². The van der Waals surface area contributed by atoms with Crippen molar-refractivity contribution in [3.63, 3.8) is 0 Å². The van der Waals surface area contributed by atoms with Crippen molar-refractivity contribution in [1.82, 2.24) is 0 Å². The zero-order valence-electron chi connectivity index (χ0n) is 10.1. The Morgan fingerprint density at radius 1 is 1.43 bits per heavy atom. The number of rotatable bonds is 3. The minimum absolute atomic E-state index is 0.515. The normalized spacial score (nSPS) is 36.7. The molecule has 0 aromatic rings. The molecule has 0 saturated carbocycles. The van der Waals surface area contributed by atoms with Gasteiger partial charge in [0.25, 0.3) is 0 Å². The minimum Gasteiger partial charge on any atom is -0.417 e. The fraction of sp³-hybridized carbons (Fsp3) is 0.818. The van der Waals surface area contributed by atoms with Crippen LogP contribution in [0.2, 0.25) is 31.7 Å². The molecule has 1 rings (SSSR count). The Kier molecular flexibility index (Phi) is 3.77. The molecule has 3 heteroatoms. The van der Waals surface area contributed by atoms with Crippen LogP contribution in [0, 0.1) is 0 Å². The van der Waals surface area contributed by atoms with Crippen molar-refractivity contribution < 1.29 is 4.43 Å². The molecule has 0 amide bonds. The summed E-state index contributed by atoms with van der Waals surface area (Å²) in [6.07, 6.45) is 5.06. The molecule has 1 fully saturated rings. The summed E-state index contributed by atoms with van der Waals surface area (Å²) in [5, 5.41) is 0. The van der Waals surface area contributed by atoms with E-state index in [4.69, 9.17) is 4.43 Å². The first-order valence-corrected chi connectivity index (χ1v) is 12.5. The van der Waals surface area contributed by atoms with Crippen LogP contribution in [0.1, 0.15) is 19.8 Å². The molecule has 0 aromatic heterocycles. The van der Waals surface area contributed by atoms with E-state index in [2.05, 4.69) is 39.2 Å². The van der Waals surface area contributed by atoms with Crippen molar-refractivity contribution in [2.45, 2.75) is 57.6 Å². The predicted molar refractivity (Wildman–Crippen MR) is 68.7 cm³/mol. The van der Waals surface area contributed by atoms with Crippen LogP contribution in [0.5, 0.6) is 0 Å².